The molecule has 0 radical (unpaired) electrons. The molecule has 0 amide bonds. The maximum absolute atomic E-state index is 9.78. The molecule has 0 aliphatic heterocycles. The van der Waals surface area contributed by atoms with Crippen molar-refractivity contribution in [1.82, 2.24) is 5.48 Å². The Bertz CT molecular complexity index is 312. The molecular weight excluding hydrogens is 182 g/mol. The van der Waals surface area contributed by atoms with Crippen molar-refractivity contribution in [2.75, 3.05) is 14.2 Å². The highest BCUT2D eigenvalue weighted by molar-refractivity contribution is 5.50. The molecule has 0 atom stereocenters. The molecule has 78 valence electrons. The van der Waals surface area contributed by atoms with E-state index in [1.54, 1.807) is 0 Å². The van der Waals surface area contributed by atoms with E-state index in [1.165, 1.54) is 14.2 Å². The summed E-state index contributed by atoms with van der Waals surface area (Å²) in [6, 6.07) is 3.73. The van der Waals surface area contributed by atoms with Gasteiger partial charge in [0.25, 0.3) is 0 Å². The number of ether oxygens (including phenoxy) is 1. The Labute approximate surface area is 83.4 Å². The van der Waals surface area contributed by atoms with Crippen LogP contribution in [0.3, 0.4) is 0 Å². The number of aromatic hydroxyl groups is 1. The van der Waals surface area contributed by atoms with E-state index in [4.69, 9.17) is 9.57 Å². The first-order chi connectivity index (χ1) is 6.70. The Kier molecular flexibility index (Phi) is 3.73. The van der Waals surface area contributed by atoms with Crippen LogP contribution >= 0.6 is 0 Å². The van der Waals surface area contributed by atoms with Crippen molar-refractivity contribution in [3.05, 3.63) is 23.3 Å². The number of hydrogen-bond acceptors (Lipinski definition) is 4. The molecule has 0 unspecified atom stereocenters. The maximum Gasteiger partial charge on any atom is 0.163 e. The maximum atomic E-state index is 9.78. The first-order valence-electron chi connectivity index (χ1n) is 4.32. The lowest BCUT2D eigenvalue weighted by molar-refractivity contribution is 0.0860. The second-order valence-corrected chi connectivity index (χ2v) is 2.95. The van der Waals surface area contributed by atoms with Gasteiger partial charge in [0.05, 0.1) is 14.2 Å². The molecule has 1 aromatic rings. The molecule has 1 aromatic carbocycles. The average Bonchev–Trinajstić information content (AvgIpc) is 2.18. The zero-order valence-electron chi connectivity index (χ0n) is 8.63. The van der Waals surface area contributed by atoms with E-state index in [-0.39, 0.29) is 5.75 Å². The van der Waals surface area contributed by atoms with Gasteiger partial charge < -0.3 is 14.7 Å². The normalized spacial score (nSPS) is 10.2. The van der Waals surface area contributed by atoms with Crippen LogP contribution in [0.1, 0.15) is 11.1 Å². The molecule has 14 heavy (non-hydrogen) atoms. The largest absolute Gasteiger partial charge is 0.504 e. The predicted octanol–water partition coefficient (Wildman–Crippen LogP) is 1.36. The molecule has 0 saturated carbocycles. The minimum absolute atomic E-state index is 0.164. The molecule has 0 spiro atoms. The Morgan fingerprint density at radius 2 is 2.07 bits per heavy atom. The quantitative estimate of drug-likeness (QED) is 0.715. The molecule has 1 rings (SSSR count). The highest BCUT2D eigenvalue weighted by Crippen LogP contribution is 2.32. The molecule has 0 aromatic heterocycles. The Morgan fingerprint density at radius 3 is 2.64 bits per heavy atom. The van der Waals surface area contributed by atoms with Gasteiger partial charge in [-0.25, -0.2) is 0 Å². The molecule has 0 fully saturated rings. The summed E-state index contributed by atoms with van der Waals surface area (Å²) in [5.41, 5.74) is 4.31. The van der Waals surface area contributed by atoms with Gasteiger partial charge in [0.15, 0.2) is 11.5 Å². The highest BCUT2D eigenvalue weighted by Gasteiger charge is 2.09. The van der Waals surface area contributed by atoms with Gasteiger partial charge in [0.2, 0.25) is 0 Å². The smallest absolute Gasteiger partial charge is 0.163 e. The Morgan fingerprint density at radius 1 is 1.36 bits per heavy atom. The van der Waals surface area contributed by atoms with Gasteiger partial charge >= 0.3 is 0 Å². The molecule has 0 saturated heterocycles. The zero-order chi connectivity index (χ0) is 10.6. The molecule has 4 nitrogen and oxygen atoms in total. The van der Waals surface area contributed by atoms with Gasteiger partial charge in [-0.15, -0.1) is 0 Å². The molecule has 0 heterocycles. The van der Waals surface area contributed by atoms with Gasteiger partial charge in [-0.3, -0.25) is 0 Å². The van der Waals surface area contributed by atoms with Crippen molar-refractivity contribution in [3.8, 4) is 11.5 Å². The minimum Gasteiger partial charge on any atom is -0.504 e. The van der Waals surface area contributed by atoms with Gasteiger partial charge in [0.1, 0.15) is 0 Å². The third kappa shape index (κ3) is 2.16. The van der Waals surface area contributed by atoms with E-state index >= 15 is 0 Å². The van der Waals surface area contributed by atoms with Crippen molar-refractivity contribution in [1.29, 1.82) is 0 Å². The van der Waals surface area contributed by atoms with Crippen LogP contribution in [0, 0.1) is 6.92 Å². The van der Waals surface area contributed by atoms with E-state index in [2.05, 4.69) is 5.48 Å². The molecule has 0 aliphatic carbocycles. The van der Waals surface area contributed by atoms with Crippen molar-refractivity contribution < 1.29 is 14.7 Å². The number of methoxy groups -OCH3 is 1. The van der Waals surface area contributed by atoms with Crippen molar-refractivity contribution in [2.24, 2.45) is 0 Å². The van der Waals surface area contributed by atoms with Gasteiger partial charge in [-0.05, 0) is 12.5 Å². The first-order valence-corrected chi connectivity index (χ1v) is 4.32. The lowest BCUT2D eigenvalue weighted by Gasteiger charge is -2.11. The lowest BCUT2D eigenvalue weighted by atomic mass is 10.1. The number of hydrogen-bond donors (Lipinski definition) is 2. The third-order valence-electron chi connectivity index (χ3n) is 2.02. The predicted molar refractivity (Wildman–Crippen MR) is 53.2 cm³/mol. The topological polar surface area (TPSA) is 50.7 Å². The van der Waals surface area contributed by atoms with Crippen molar-refractivity contribution >= 4 is 0 Å². The fourth-order valence-electron chi connectivity index (χ4n) is 1.26. The fraction of sp³-hybridized carbons (Fsp3) is 0.400. The van der Waals surface area contributed by atoms with Crippen molar-refractivity contribution in [3.63, 3.8) is 0 Å². The van der Waals surface area contributed by atoms with Crippen LogP contribution in [0.5, 0.6) is 11.5 Å². The Hall–Kier alpha value is -1.26. The monoisotopic (exact) mass is 197 g/mol. The summed E-state index contributed by atoms with van der Waals surface area (Å²) in [5, 5.41) is 9.78. The Balaban J connectivity index is 2.96. The van der Waals surface area contributed by atoms with Crippen LogP contribution in [-0.4, -0.2) is 19.3 Å². The molecule has 2 N–H and O–H groups in total. The van der Waals surface area contributed by atoms with Crippen LogP contribution in [0.15, 0.2) is 12.1 Å². The second kappa shape index (κ2) is 4.83. The first kappa shape index (κ1) is 10.8. The second-order valence-electron chi connectivity index (χ2n) is 2.95. The highest BCUT2D eigenvalue weighted by atomic mass is 16.6. The number of benzene rings is 1. The van der Waals surface area contributed by atoms with Gasteiger partial charge in [-0.1, -0.05) is 12.1 Å². The standard InChI is InChI=1S/C10H15NO3/c1-7-4-5-8(6-11-14-3)9(12)10(7)13-2/h4-5,11-12H,6H2,1-3H3. The summed E-state index contributed by atoms with van der Waals surface area (Å²) in [5.74, 6) is 0.678. The summed E-state index contributed by atoms with van der Waals surface area (Å²) in [6.07, 6.45) is 0. The number of phenolic OH excluding ortho intramolecular Hbond substituents is 1. The van der Waals surface area contributed by atoms with Gasteiger partial charge in [0, 0.05) is 12.1 Å². The summed E-state index contributed by atoms with van der Waals surface area (Å²) >= 11 is 0. The van der Waals surface area contributed by atoms with Crippen LogP contribution in [0.25, 0.3) is 0 Å². The molecule has 4 heteroatoms. The van der Waals surface area contributed by atoms with Gasteiger partial charge in [-0.2, -0.15) is 5.48 Å². The zero-order valence-corrected chi connectivity index (χ0v) is 8.63. The van der Waals surface area contributed by atoms with Crippen LogP contribution in [0.4, 0.5) is 0 Å². The molecule has 0 bridgehead atoms. The van der Waals surface area contributed by atoms with Crippen LogP contribution in [0.2, 0.25) is 0 Å². The lowest BCUT2D eigenvalue weighted by Crippen LogP contribution is -2.11. The van der Waals surface area contributed by atoms with E-state index in [0.717, 1.165) is 11.1 Å². The van der Waals surface area contributed by atoms with E-state index in [0.29, 0.717) is 12.3 Å². The number of phenols is 1. The summed E-state index contributed by atoms with van der Waals surface area (Å²) in [7, 11) is 3.07. The van der Waals surface area contributed by atoms with E-state index in [9.17, 15) is 5.11 Å². The minimum atomic E-state index is 0.164. The molecule has 0 aliphatic rings. The fourth-order valence-corrected chi connectivity index (χ4v) is 1.26. The molecular formula is C10H15NO3. The van der Waals surface area contributed by atoms with E-state index < -0.39 is 0 Å². The van der Waals surface area contributed by atoms with Crippen LogP contribution < -0.4 is 10.2 Å². The van der Waals surface area contributed by atoms with Crippen molar-refractivity contribution in [2.45, 2.75) is 13.5 Å². The van der Waals surface area contributed by atoms with Crippen LogP contribution in [-0.2, 0) is 11.4 Å². The number of hydroxylamine groups is 1. The number of nitrogens with one attached hydrogen (secondary N) is 1. The summed E-state index contributed by atoms with van der Waals surface area (Å²) in [4.78, 5) is 4.70. The van der Waals surface area contributed by atoms with E-state index in [1.807, 2.05) is 19.1 Å². The SMILES string of the molecule is CONCc1ccc(C)c(OC)c1O. The average molecular weight is 197 g/mol. The number of rotatable bonds is 4. The number of aryl methyl sites for hydroxylation is 1. The summed E-state index contributed by atoms with van der Waals surface area (Å²) in [6.45, 7) is 2.32. The third-order valence-corrected chi connectivity index (χ3v) is 2.02. The summed E-state index contributed by atoms with van der Waals surface area (Å²) < 4.78 is 5.08.